The Hall–Kier alpha value is -1.58. The Labute approximate surface area is 146 Å². The third kappa shape index (κ3) is 3.28. The van der Waals surface area contributed by atoms with Crippen molar-refractivity contribution in [2.75, 3.05) is 0 Å². The van der Waals surface area contributed by atoms with Gasteiger partial charge in [0.25, 0.3) is 0 Å². The maximum absolute atomic E-state index is 13.3. The molecule has 0 spiro atoms. The molecular weight excluding hydrogens is 358 g/mol. The van der Waals surface area contributed by atoms with E-state index in [1.165, 1.54) is 31.3 Å². The van der Waals surface area contributed by atoms with Gasteiger partial charge >= 0.3 is 6.18 Å². The van der Waals surface area contributed by atoms with E-state index in [9.17, 15) is 22.1 Å². The number of aryl methyl sites for hydroxylation is 1. The van der Waals surface area contributed by atoms with Crippen LogP contribution in [0.4, 0.5) is 17.6 Å². The van der Waals surface area contributed by atoms with E-state index in [0.717, 1.165) is 10.7 Å². The molecule has 0 amide bonds. The molecule has 0 aliphatic carbocycles. The number of halogens is 4. The summed E-state index contributed by atoms with van der Waals surface area (Å²) in [7, 11) is 1.38. The van der Waals surface area contributed by atoms with Crippen molar-refractivity contribution < 1.29 is 22.1 Å². The lowest BCUT2D eigenvalue weighted by Crippen LogP contribution is -2.55. The number of nitrogens with two attached hydrogens (primary N) is 1. The molecule has 2 N–H and O–H groups in total. The summed E-state index contributed by atoms with van der Waals surface area (Å²) in [6, 6.07) is 6.21. The molecule has 0 fully saturated rings. The normalized spacial score (nSPS) is 16.6. The molecule has 0 radical (unpaired) electrons. The van der Waals surface area contributed by atoms with Gasteiger partial charge < -0.3 is 4.55 Å². The van der Waals surface area contributed by atoms with Crippen LogP contribution in [0.15, 0.2) is 30.3 Å². The Kier molecular flexibility index (Phi) is 4.97. The first kappa shape index (κ1) is 19.7. The molecule has 138 valence electrons. The van der Waals surface area contributed by atoms with Gasteiger partial charge in [0.2, 0.25) is 0 Å². The Morgan fingerprint density at radius 3 is 2.04 bits per heavy atom. The minimum Gasteiger partial charge on any atom is -0.598 e. The lowest BCUT2D eigenvalue weighted by molar-refractivity contribution is -0.141. The smallest absolute Gasteiger partial charge is 0.435 e. The fraction of sp³-hybridized carbons (Fsp3) is 0.438. The summed E-state index contributed by atoms with van der Waals surface area (Å²) in [6.45, 7) is 4.81. The van der Waals surface area contributed by atoms with Gasteiger partial charge in [0.05, 0.1) is 11.1 Å². The summed E-state index contributed by atoms with van der Waals surface area (Å²) < 4.78 is 64.7. The van der Waals surface area contributed by atoms with E-state index >= 15 is 0 Å². The molecule has 0 aliphatic rings. The molecule has 2 unspecified atom stereocenters. The van der Waals surface area contributed by atoms with Crippen LogP contribution < -0.4 is 5.14 Å². The van der Waals surface area contributed by atoms with Crippen LogP contribution >= 0.6 is 0 Å². The van der Waals surface area contributed by atoms with Crippen molar-refractivity contribution in [1.29, 1.82) is 0 Å². The monoisotopic (exact) mass is 377 g/mol. The Morgan fingerprint density at radius 2 is 1.64 bits per heavy atom. The lowest BCUT2D eigenvalue weighted by atomic mass is 9.70. The Morgan fingerprint density at radius 1 is 1.12 bits per heavy atom. The number of hydrogen-bond acceptors (Lipinski definition) is 3. The van der Waals surface area contributed by atoms with Gasteiger partial charge in [-0.25, -0.2) is 4.39 Å². The highest BCUT2D eigenvalue weighted by Gasteiger charge is 2.54. The highest BCUT2D eigenvalue weighted by molar-refractivity contribution is 7.90. The van der Waals surface area contributed by atoms with Gasteiger partial charge in [-0.05, 0) is 44.5 Å². The standard InChI is InChI=1S/C16H19F4N3OS/c1-14(2,25(21)24)15(3,10-5-7-11(17)8-6-10)13-9-12(16(18,19)20)22-23(13)4/h5-9H,21H2,1-4H3. The highest BCUT2D eigenvalue weighted by Crippen LogP contribution is 2.46. The maximum atomic E-state index is 13.3. The first-order chi connectivity index (χ1) is 11.3. The summed E-state index contributed by atoms with van der Waals surface area (Å²) in [5.74, 6) is -0.487. The van der Waals surface area contributed by atoms with Crippen LogP contribution in [0.1, 0.15) is 37.7 Å². The van der Waals surface area contributed by atoms with Gasteiger partial charge in [-0.15, -0.1) is 0 Å². The van der Waals surface area contributed by atoms with Crippen LogP contribution in [-0.2, 0) is 30.0 Å². The van der Waals surface area contributed by atoms with Gasteiger partial charge in [-0.1, -0.05) is 12.1 Å². The molecule has 9 heteroatoms. The zero-order valence-electron chi connectivity index (χ0n) is 14.2. The molecule has 2 atom stereocenters. The van der Waals surface area contributed by atoms with Crippen molar-refractivity contribution in [3.63, 3.8) is 0 Å². The molecule has 2 aromatic rings. The third-order valence-electron chi connectivity index (χ3n) is 4.81. The first-order valence-electron chi connectivity index (χ1n) is 7.36. The van der Waals surface area contributed by atoms with E-state index in [-0.39, 0.29) is 5.69 Å². The predicted molar refractivity (Wildman–Crippen MR) is 87.5 cm³/mol. The first-order valence-corrected chi connectivity index (χ1v) is 8.57. The van der Waals surface area contributed by atoms with E-state index in [1.54, 1.807) is 20.8 Å². The molecule has 0 saturated heterocycles. The number of alkyl halides is 3. The van der Waals surface area contributed by atoms with E-state index in [1.807, 2.05) is 0 Å². The van der Waals surface area contributed by atoms with Gasteiger partial charge in [-0.2, -0.15) is 23.4 Å². The van der Waals surface area contributed by atoms with E-state index in [0.29, 0.717) is 5.56 Å². The number of benzene rings is 1. The number of nitrogens with zero attached hydrogens (tertiary/aromatic N) is 2. The molecular formula is C16H19F4N3OS. The molecule has 1 aromatic carbocycles. The Bertz CT molecular complexity index is 756. The zero-order valence-corrected chi connectivity index (χ0v) is 15.0. The van der Waals surface area contributed by atoms with Crippen molar-refractivity contribution in [1.82, 2.24) is 9.78 Å². The SMILES string of the molecule is Cn1nc(C(F)(F)F)cc1C(C)(c1ccc(F)cc1)C(C)(C)[S+](N)[O-]. The van der Waals surface area contributed by atoms with Crippen molar-refractivity contribution in [3.8, 4) is 0 Å². The summed E-state index contributed by atoms with van der Waals surface area (Å²) in [6.07, 6.45) is -4.62. The summed E-state index contributed by atoms with van der Waals surface area (Å²) in [5.41, 5.74) is -1.62. The minimum atomic E-state index is -4.62. The van der Waals surface area contributed by atoms with Crippen LogP contribution in [0, 0.1) is 5.82 Å². The second kappa shape index (κ2) is 6.30. The molecule has 0 aliphatic heterocycles. The van der Waals surface area contributed by atoms with E-state index < -0.39 is 39.2 Å². The van der Waals surface area contributed by atoms with Crippen LogP contribution in [0.3, 0.4) is 0 Å². The van der Waals surface area contributed by atoms with Gasteiger partial charge in [-0.3, -0.25) is 4.68 Å². The average molecular weight is 377 g/mol. The fourth-order valence-corrected chi connectivity index (χ4v) is 3.49. The number of hydrogen-bond donors (Lipinski definition) is 1. The third-order valence-corrected chi connectivity index (χ3v) is 6.23. The van der Waals surface area contributed by atoms with Crippen molar-refractivity contribution in [2.24, 2.45) is 12.2 Å². The summed E-state index contributed by atoms with van der Waals surface area (Å²) in [5, 5.41) is 9.19. The molecule has 4 nitrogen and oxygen atoms in total. The topological polar surface area (TPSA) is 66.9 Å². The fourth-order valence-electron chi connectivity index (χ4n) is 2.86. The minimum absolute atomic E-state index is 0.176. The summed E-state index contributed by atoms with van der Waals surface area (Å²) in [4.78, 5) is 0. The quantitative estimate of drug-likeness (QED) is 0.657. The van der Waals surface area contributed by atoms with Gasteiger partial charge in [0.15, 0.2) is 10.4 Å². The molecule has 0 bridgehead atoms. The molecule has 2 rings (SSSR count). The molecule has 1 aromatic heterocycles. The molecule has 1 heterocycles. The number of rotatable bonds is 4. The number of aromatic nitrogens is 2. The maximum Gasteiger partial charge on any atom is 0.435 e. The van der Waals surface area contributed by atoms with Crippen molar-refractivity contribution in [3.05, 3.63) is 53.1 Å². The molecule has 25 heavy (non-hydrogen) atoms. The lowest BCUT2D eigenvalue weighted by Gasteiger charge is -2.42. The van der Waals surface area contributed by atoms with Gasteiger partial charge in [0, 0.05) is 18.4 Å². The van der Waals surface area contributed by atoms with Crippen LogP contribution in [-0.4, -0.2) is 19.1 Å². The van der Waals surface area contributed by atoms with Crippen LogP contribution in [0.2, 0.25) is 0 Å². The van der Waals surface area contributed by atoms with Crippen LogP contribution in [0.25, 0.3) is 0 Å². The second-order valence-electron chi connectivity index (χ2n) is 6.48. The van der Waals surface area contributed by atoms with E-state index in [4.69, 9.17) is 5.14 Å². The predicted octanol–water partition coefficient (Wildman–Crippen LogP) is 3.29. The van der Waals surface area contributed by atoms with E-state index in [2.05, 4.69) is 5.10 Å². The second-order valence-corrected chi connectivity index (χ2v) is 8.09. The highest BCUT2D eigenvalue weighted by atomic mass is 32.2. The van der Waals surface area contributed by atoms with Crippen LogP contribution in [0.5, 0.6) is 0 Å². The van der Waals surface area contributed by atoms with Crippen molar-refractivity contribution in [2.45, 2.75) is 37.1 Å². The largest absolute Gasteiger partial charge is 0.598 e. The zero-order chi connectivity index (χ0) is 19.2. The molecule has 0 saturated carbocycles. The van der Waals surface area contributed by atoms with Crippen molar-refractivity contribution >= 4 is 11.4 Å². The summed E-state index contributed by atoms with van der Waals surface area (Å²) >= 11 is -1.89. The van der Waals surface area contributed by atoms with Gasteiger partial charge in [0.1, 0.15) is 5.82 Å². The Balaban J connectivity index is 2.77. The average Bonchev–Trinajstić information content (AvgIpc) is 2.89.